The molecule has 2 N–H and O–H groups in total. The van der Waals surface area contributed by atoms with E-state index in [9.17, 15) is 9.35 Å². The lowest BCUT2D eigenvalue weighted by Gasteiger charge is -2.30. The summed E-state index contributed by atoms with van der Waals surface area (Å²) in [4.78, 5) is 10.9. The number of carboxylic acid groups (broad SMARTS) is 1. The molecular weight excluding hydrogens is 274 g/mol. The molecule has 0 aliphatic rings. The molecule has 0 fully saturated rings. The van der Waals surface area contributed by atoms with Crippen molar-refractivity contribution in [2.24, 2.45) is 5.92 Å². The molecule has 0 aliphatic heterocycles. The summed E-state index contributed by atoms with van der Waals surface area (Å²) in [7, 11) is 0. The molecule has 0 aliphatic carbocycles. The van der Waals surface area contributed by atoms with E-state index in [1.54, 1.807) is 24.3 Å². The van der Waals surface area contributed by atoms with Gasteiger partial charge in [-0.2, -0.15) is 0 Å². The Balaban J connectivity index is 2.94. The van der Waals surface area contributed by atoms with Crippen LogP contribution in [0, 0.1) is 5.92 Å². The second-order valence-electron chi connectivity index (χ2n) is 6.15. The first-order chi connectivity index (χ1) is 9.12. The van der Waals surface area contributed by atoms with E-state index in [1.165, 1.54) is 0 Å². The minimum Gasteiger partial charge on any atom is -0.598 e. The van der Waals surface area contributed by atoms with Crippen molar-refractivity contribution >= 4 is 17.3 Å². The number of nitrogens with one attached hydrogen (secondary N) is 1. The van der Waals surface area contributed by atoms with Crippen LogP contribution in [-0.2, 0) is 11.4 Å². The lowest BCUT2D eigenvalue weighted by Crippen LogP contribution is -2.42. The van der Waals surface area contributed by atoms with Crippen molar-refractivity contribution in [3.63, 3.8) is 0 Å². The first kappa shape index (κ1) is 17.0. The topological polar surface area (TPSA) is 72.4 Å². The van der Waals surface area contributed by atoms with Crippen LogP contribution in [0.2, 0.25) is 0 Å². The Morgan fingerprint density at radius 3 is 2.10 bits per heavy atom. The number of benzene rings is 1. The standard InChI is InChI=1S/C15H23NO3S/c1-10(2)13(16-20(19)15(3,4)5)11-6-8-12(9-7-11)14(17)18/h6-10,13,16H,1-5H3,(H,17,18)/t13?,20-/m0/s1. The van der Waals surface area contributed by atoms with Gasteiger partial charge in [-0.15, -0.1) is 4.72 Å². The van der Waals surface area contributed by atoms with Crippen molar-refractivity contribution in [3.05, 3.63) is 35.4 Å². The Kier molecular flexibility index (Phi) is 5.62. The van der Waals surface area contributed by atoms with E-state index in [-0.39, 0.29) is 22.3 Å². The highest BCUT2D eigenvalue weighted by Gasteiger charge is 2.31. The third-order valence-electron chi connectivity index (χ3n) is 2.97. The predicted octanol–water partition coefficient (Wildman–Crippen LogP) is 3.13. The highest BCUT2D eigenvalue weighted by molar-refractivity contribution is 7.90. The largest absolute Gasteiger partial charge is 0.598 e. The molecule has 4 nitrogen and oxygen atoms in total. The fraction of sp³-hybridized carbons (Fsp3) is 0.533. The lowest BCUT2D eigenvalue weighted by atomic mass is 9.96. The van der Waals surface area contributed by atoms with Gasteiger partial charge in [0, 0.05) is 11.4 Å². The van der Waals surface area contributed by atoms with Crippen molar-refractivity contribution in [1.82, 2.24) is 4.72 Å². The molecule has 5 heteroatoms. The molecule has 112 valence electrons. The van der Waals surface area contributed by atoms with Gasteiger partial charge in [-0.1, -0.05) is 26.0 Å². The zero-order chi connectivity index (χ0) is 15.5. The SMILES string of the molecule is CC(C)C(N[S@@+]([O-])C(C)(C)C)c1ccc(C(=O)O)cc1. The maximum Gasteiger partial charge on any atom is 0.335 e. The summed E-state index contributed by atoms with van der Waals surface area (Å²) in [5, 5.41) is 8.91. The number of carboxylic acids is 1. The van der Waals surface area contributed by atoms with Gasteiger partial charge < -0.3 is 9.66 Å². The van der Waals surface area contributed by atoms with Gasteiger partial charge in [0.2, 0.25) is 0 Å². The average Bonchev–Trinajstić information content (AvgIpc) is 2.34. The highest BCUT2D eigenvalue weighted by Crippen LogP contribution is 2.26. The molecule has 0 saturated heterocycles. The van der Waals surface area contributed by atoms with E-state index in [2.05, 4.69) is 4.72 Å². The first-order valence-electron chi connectivity index (χ1n) is 6.64. The number of aromatic carboxylic acids is 1. The Bertz CT molecular complexity index is 451. The molecule has 0 aromatic heterocycles. The van der Waals surface area contributed by atoms with Gasteiger partial charge in [-0.25, -0.2) is 4.79 Å². The van der Waals surface area contributed by atoms with Gasteiger partial charge in [-0.3, -0.25) is 0 Å². The maximum atomic E-state index is 12.2. The van der Waals surface area contributed by atoms with Crippen LogP contribution in [0.4, 0.5) is 0 Å². The minimum absolute atomic E-state index is 0.0714. The Morgan fingerprint density at radius 2 is 1.75 bits per heavy atom. The number of hydrogen-bond acceptors (Lipinski definition) is 3. The molecular formula is C15H23NO3S. The summed E-state index contributed by atoms with van der Waals surface area (Å²) in [5.41, 5.74) is 1.20. The van der Waals surface area contributed by atoms with E-state index in [4.69, 9.17) is 5.11 Å². The van der Waals surface area contributed by atoms with Gasteiger partial charge in [0.05, 0.1) is 11.6 Å². The van der Waals surface area contributed by atoms with Crippen LogP contribution in [0.15, 0.2) is 24.3 Å². The predicted molar refractivity (Wildman–Crippen MR) is 82.0 cm³/mol. The molecule has 1 aromatic carbocycles. The third-order valence-corrected chi connectivity index (χ3v) is 4.55. The molecule has 1 rings (SSSR count). The van der Waals surface area contributed by atoms with Gasteiger partial charge in [0.25, 0.3) is 0 Å². The summed E-state index contributed by atoms with van der Waals surface area (Å²) in [6.07, 6.45) is 0. The van der Waals surface area contributed by atoms with Crippen LogP contribution in [0.1, 0.15) is 56.6 Å². The summed E-state index contributed by atoms with van der Waals surface area (Å²) >= 11 is -1.17. The van der Waals surface area contributed by atoms with E-state index in [1.807, 2.05) is 34.6 Å². The smallest absolute Gasteiger partial charge is 0.335 e. The molecule has 2 atom stereocenters. The second-order valence-corrected chi connectivity index (χ2v) is 8.15. The van der Waals surface area contributed by atoms with Crippen LogP contribution in [0.3, 0.4) is 0 Å². The Hall–Kier alpha value is -1.04. The molecule has 20 heavy (non-hydrogen) atoms. The summed E-state index contributed by atoms with van der Waals surface area (Å²) < 4.78 is 15.0. The number of rotatable bonds is 5. The molecule has 1 unspecified atom stereocenters. The molecule has 0 radical (unpaired) electrons. The second kappa shape index (κ2) is 6.61. The number of hydrogen-bond donors (Lipinski definition) is 2. The van der Waals surface area contributed by atoms with Crippen LogP contribution < -0.4 is 4.72 Å². The van der Waals surface area contributed by atoms with Gasteiger partial charge in [0.1, 0.15) is 4.75 Å². The fourth-order valence-electron chi connectivity index (χ4n) is 1.71. The van der Waals surface area contributed by atoms with Crippen molar-refractivity contribution in [2.45, 2.75) is 45.4 Å². The van der Waals surface area contributed by atoms with E-state index >= 15 is 0 Å². The molecule has 0 saturated carbocycles. The molecule has 1 aromatic rings. The Labute approximate surface area is 123 Å². The highest BCUT2D eigenvalue weighted by atomic mass is 32.2. The van der Waals surface area contributed by atoms with Crippen LogP contribution >= 0.6 is 0 Å². The molecule has 0 amide bonds. The summed E-state index contributed by atoms with van der Waals surface area (Å²) in [6.45, 7) is 9.84. The van der Waals surface area contributed by atoms with Crippen LogP contribution in [0.25, 0.3) is 0 Å². The van der Waals surface area contributed by atoms with Crippen molar-refractivity contribution in [1.29, 1.82) is 0 Å². The Morgan fingerprint density at radius 1 is 1.25 bits per heavy atom. The lowest BCUT2D eigenvalue weighted by molar-refractivity contribution is 0.0697. The van der Waals surface area contributed by atoms with Gasteiger partial charge >= 0.3 is 5.97 Å². The van der Waals surface area contributed by atoms with Crippen molar-refractivity contribution < 1.29 is 14.5 Å². The monoisotopic (exact) mass is 297 g/mol. The first-order valence-corrected chi connectivity index (χ1v) is 7.79. The average molecular weight is 297 g/mol. The van der Waals surface area contributed by atoms with E-state index in [0.717, 1.165) is 5.56 Å². The van der Waals surface area contributed by atoms with Crippen molar-refractivity contribution in [2.75, 3.05) is 0 Å². The maximum absolute atomic E-state index is 12.2. The van der Waals surface area contributed by atoms with E-state index < -0.39 is 17.3 Å². The molecule has 0 spiro atoms. The van der Waals surface area contributed by atoms with E-state index in [0.29, 0.717) is 0 Å². The quantitative estimate of drug-likeness (QED) is 0.819. The molecule has 0 bridgehead atoms. The zero-order valence-corrected chi connectivity index (χ0v) is 13.5. The van der Waals surface area contributed by atoms with Gasteiger partial charge in [-0.05, 0) is 44.4 Å². The normalized spacial score (nSPS) is 15.2. The zero-order valence-electron chi connectivity index (χ0n) is 12.6. The van der Waals surface area contributed by atoms with Crippen LogP contribution in [0.5, 0.6) is 0 Å². The van der Waals surface area contributed by atoms with Gasteiger partial charge in [0.15, 0.2) is 0 Å². The summed E-state index contributed by atoms with van der Waals surface area (Å²) in [6, 6.07) is 6.64. The van der Waals surface area contributed by atoms with Crippen LogP contribution in [-0.4, -0.2) is 20.4 Å². The summed E-state index contributed by atoms with van der Waals surface area (Å²) in [5.74, 6) is -0.694. The third kappa shape index (κ3) is 4.51. The fourth-order valence-corrected chi connectivity index (χ4v) is 2.71. The molecule has 0 heterocycles. The minimum atomic E-state index is -1.17. The number of carbonyl (C=O) groups is 1. The van der Waals surface area contributed by atoms with Crippen molar-refractivity contribution in [3.8, 4) is 0 Å².